The molecular formula is C16H17N3OS. The summed E-state index contributed by atoms with van der Waals surface area (Å²) in [6, 6.07) is 10.1. The van der Waals surface area contributed by atoms with Crippen LogP contribution in [-0.2, 0) is 0 Å². The number of fused-ring (bicyclic) bond motifs is 1. The topological polar surface area (TPSA) is 60.2 Å². The van der Waals surface area contributed by atoms with E-state index in [4.69, 9.17) is 22.7 Å². The van der Waals surface area contributed by atoms with Gasteiger partial charge in [-0.05, 0) is 24.6 Å². The number of aryl methyl sites for hydroxylation is 1. The van der Waals surface area contributed by atoms with Gasteiger partial charge in [-0.3, -0.25) is 0 Å². The lowest BCUT2D eigenvalue weighted by Gasteiger charge is -2.27. The van der Waals surface area contributed by atoms with Gasteiger partial charge < -0.3 is 15.8 Å². The summed E-state index contributed by atoms with van der Waals surface area (Å²) in [6.07, 6.45) is 2.65. The van der Waals surface area contributed by atoms with Crippen molar-refractivity contribution in [3.63, 3.8) is 0 Å². The van der Waals surface area contributed by atoms with Crippen LogP contribution in [0, 0.1) is 6.92 Å². The second-order valence-electron chi connectivity index (χ2n) is 5.09. The smallest absolute Gasteiger partial charge is 0.136 e. The van der Waals surface area contributed by atoms with Gasteiger partial charge in [-0.15, -0.1) is 0 Å². The average molecular weight is 299 g/mol. The number of nitrogens with two attached hydrogens (primary N) is 1. The van der Waals surface area contributed by atoms with Crippen LogP contribution in [0.2, 0.25) is 0 Å². The molecule has 4 nitrogen and oxygen atoms in total. The van der Waals surface area contributed by atoms with Crippen LogP contribution in [0.15, 0.2) is 36.5 Å². The number of para-hydroxylation sites is 1. The highest BCUT2D eigenvalue weighted by Gasteiger charge is 2.22. The minimum absolute atomic E-state index is 0.150. The molecule has 0 fully saturated rings. The fraction of sp³-hybridized carbons (Fsp3) is 0.250. The van der Waals surface area contributed by atoms with E-state index in [2.05, 4.69) is 16.4 Å². The van der Waals surface area contributed by atoms with E-state index in [0.29, 0.717) is 11.6 Å². The first kappa shape index (κ1) is 13.8. The van der Waals surface area contributed by atoms with Gasteiger partial charge in [0.15, 0.2) is 0 Å². The first-order valence-electron chi connectivity index (χ1n) is 6.90. The van der Waals surface area contributed by atoms with Crippen molar-refractivity contribution in [2.75, 3.05) is 11.9 Å². The third kappa shape index (κ3) is 2.69. The molecule has 0 bridgehead atoms. The molecule has 0 amide bonds. The van der Waals surface area contributed by atoms with Crippen molar-refractivity contribution in [1.82, 2.24) is 4.98 Å². The summed E-state index contributed by atoms with van der Waals surface area (Å²) in [6.45, 7) is 2.67. The molecule has 1 aromatic heterocycles. The third-order valence-electron chi connectivity index (χ3n) is 3.68. The molecule has 1 aliphatic heterocycles. The van der Waals surface area contributed by atoms with E-state index < -0.39 is 0 Å². The van der Waals surface area contributed by atoms with Gasteiger partial charge in [0.1, 0.15) is 16.6 Å². The second-order valence-corrected chi connectivity index (χ2v) is 5.53. The Labute approximate surface area is 129 Å². The number of rotatable bonds is 3. The van der Waals surface area contributed by atoms with E-state index in [0.717, 1.165) is 34.7 Å². The molecular weight excluding hydrogens is 282 g/mol. The fourth-order valence-corrected chi connectivity index (χ4v) is 2.89. The summed E-state index contributed by atoms with van der Waals surface area (Å²) in [5, 5.41) is 3.47. The molecule has 1 atom stereocenters. The molecule has 0 saturated heterocycles. The zero-order chi connectivity index (χ0) is 14.8. The number of hydrogen-bond acceptors (Lipinski definition) is 4. The van der Waals surface area contributed by atoms with Crippen LogP contribution in [0.25, 0.3) is 0 Å². The summed E-state index contributed by atoms with van der Waals surface area (Å²) in [5.74, 6) is 1.66. The van der Waals surface area contributed by atoms with Crippen molar-refractivity contribution in [3.05, 3.63) is 53.2 Å². The summed E-state index contributed by atoms with van der Waals surface area (Å²) in [7, 11) is 0. The van der Waals surface area contributed by atoms with Crippen LogP contribution < -0.4 is 15.8 Å². The quantitative estimate of drug-likeness (QED) is 0.853. The fourth-order valence-electron chi connectivity index (χ4n) is 2.64. The molecule has 0 radical (unpaired) electrons. The summed E-state index contributed by atoms with van der Waals surface area (Å²) in [4.78, 5) is 4.77. The molecule has 0 saturated carbocycles. The molecule has 2 aromatic rings. The van der Waals surface area contributed by atoms with Gasteiger partial charge in [-0.2, -0.15) is 0 Å². The van der Waals surface area contributed by atoms with Crippen LogP contribution in [0.5, 0.6) is 5.75 Å². The van der Waals surface area contributed by atoms with Crippen LogP contribution >= 0.6 is 12.2 Å². The van der Waals surface area contributed by atoms with E-state index in [1.807, 2.05) is 31.2 Å². The van der Waals surface area contributed by atoms with Crippen LogP contribution in [-0.4, -0.2) is 16.6 Å². The van der Waals surface area contributed by atoms with Crippen LogP contribution in [0.4, 0.5) is 5.82 Å². The van der Waals surface area contributed by atoms with Gasteiger partial charge in [0, 0.05) is 18.2 Å². The first-order chi connectivity index (χ1) is 10.2. The lowest BCUT2D eigenvalue weighted by atomic mass is 10.00. The molecule has 3 rings (SSSR count). The number of thiocarbonyl (C=S) groups is 1. The Balaban J connectivity index is 1.96. The Bertz CT molecular complexity index is 687. The maximum absolute atomic E-state index is 5.84. The first-order valence-corrected chi connectivity index (χ1v) is 7.31. The van der Waals surface area contributed by atoms with Gasteiger partial charge in [-0.25, -0.2) is 4.98 Å². The number of pyridine rings is 1. The average Bonchev–Trinajstić information content (AvgIpc) is 2.47. The Kier molecular flexibility index (Phi) is 3.75. The molecule has 1 aliphatic rings. The molecule has 108 valence electrons. The maximum Gasteiger partial charge on any atom is 0.136 e. The number of anilines is 1. The zero-order valence-electron chi connectivity index (χ0n) is 11.8. The molecule has 0 aliphatic carbocycles. The number of ether oxygens (including phenoxy) is 1. The number of aromatic nitrogens is 1. The van der Waals surface area contributed by atoms with Crippen molar-refractivity contribution in [2.24, 2.45) is 5.73 Å². The van der Waals surface area contributed by atoms with Gasteiger partial charge in [-0.1, -0.05) is 30.4 Å². The lowest BCUT2D eigenvalue weighted by Crippen LogP contribution is -2.23. The van der Waals surface area contributed by atoms with E-state index in [1.165, 1.54) is 0 Å². The maximum atomic E-state index is 5.84. The number of nitrogens with zero attached hydrogens (tertiary/aromatic N) is 1. The van der Waals surface area contributed by atoms with Gasteiger partial charge >= 0.3 is 0 Å². The highest BCUT2D eigenvalue weighted by molar-refractivity contribution is 7.80. The molecule has 5 heteroatoms. The molecule has 21 heavy (non-hydrogen) atoms. The van der Waals surface area contributed by atoms with Crippen molar-refractivity contribution in [2.45, 2.75) is 19.4 Å². The van der Waals surface area contributed by atoms with Crippen LogP contribution in [0.1, 0.15) is 29.2 Å². The molecule has 0 spiro atoms. The second kappa shape index (κ2) is 5.69. The predicted molar refractivity (Wildman–Crippen MR) is 87.8 cm³/mol. The standard InChI is InChI=1S/C16H17N3OS/c1-10-6-8-18-16(14(10)15(17)21)19-12-7-9-20-13-5-3-2-4-11(12)13/h2-6,8,12H,7,9H2,1H3,(H2,17,21)(H,18,19). The Morgan fingerprint density at radius 3 is 3.00 bits per heavy atom. The molecule has 1 aromatic carbocycles. The third-order valence-corrected chi connectivity index (χ3v) is 3.88. The monoisotopic (exact) mass is 299 g/mol. The highest BCUT2D eigenvalue weighted by atomic mass is 32.1. The lowest BCUT2D eigenvalue weighted by molar-refractivity contribution is 0.274. The van der Waals surface area contributed by atoms with Gasteiger partial charge in [0.25, 0.3) is 0 Å². The Morgan fingerprint density at radius 1 is 1.38 bits per heavy atom. The minimum Gasteiger partial charge on any atom is -0.493 e. The van der Waals surface area contributed by atoms with Crippen molar-refractivity contribution < 1.29 is 4.74 Å². The number of hydrogen-bond donors (Lipinski definition) is 2. The predicted octanol–water partition coefficient (Wildman–Crippen LogP) is 2.96. The van der Waals surface area contributed by atoms with Crippen molar-refractivity contribution in [3.8, 4) is 5.75 Å². The molecule has 3 N–H and O–H groups in total. The van der Waals surface area contributed by atoms with E-state index >= 15 is 0 Å². The largest absolute Gasteiger partial charge is 0.493 e. The van der Waals surface area contributed by atoms with E-state index in [-0.39, 0.29) is 6.04 Å². The molecule has 1 unspecified atom stereocenters. The highest BCUT2D eigenvalue weighted by Crippen LogP contribution is 2.34. The SMILES string of the molecule is Cc1ccnc(NC2CCOc3ccccc32)c1C(N)=S. The Hall–Kier alpha value is -2.14. The molecule has 2 heterocycles. The summed E-state index contributed by atoms with van der Waals surface area (Å²) < 4.78 is 5.68. The van der Waals surface area contributed by atoms with Crippen LogP contribution in [0.3, 0.4) is 0 Å². The van der Waals surface area contributed by atoms with Gasteiger partial charge in [0.2, 0.25) is 0 Å². The van der Waals surface area contributed by atoms with Crippen molar-refractivity contribution in [1.29, 1.82) is 0 Å². The normalized spacial score (nSPS) is 16.7. The zero-order valence-corrected chi connectivity index (χ0v) is 12.6. The van der Waals surface area contributed by atoms with Gasteiger partial charge in [0.05, 0.1) is 18.2 Å². The van der Waals surface area contributed by atoms with E-state index in [9.17, 15) is 0 Å². The summed E-state index contributed by atoms with van der Waals surface area (Å²) in [5.41, 5.74) is 8.83. The van der Waals surface area contributed by atoms with Crippen molar-refractivity contribution >= 4 is 23.0 Å². The number of benzene rings is 1. The number of nitrogens with one attached hydrogen (secondary N) is 1. The van der Waals surface area contributed by atoms with E-state index in [1.54, 1.807) is 6.20 Å². The Morgan fingerprint density at radius 2 is 2.19 bits per heavy atom. The summed E-state index contributed by atoms with van der Waals surface area (Å²) >= 11 is 5.16. The minimum atomic E-state index is 0.150.